The first kappa shape index (κ1) is 18.0. The van der Waals surface area contributed by atoms with Gasteiger partial charge in [-0.2, -0.15) is 0 Å². The molecular weight excluding hydrogens is 286 g/mol. The first-order chi connectivity index (χ1) is 10.2. The number of amides is 1. The highest BCUT2D eigenvalue weighted by Gasteiger charge is 2.23. The number of ether oxygens (including phenoxy) is 1. The van der Waals surface area contributed by atoms with E-state index < -0.39 is 5.38 Å². The maximum atomic E-state index is 12.5. The molecule has 3 nitrogen and oxygen atoms in total. The van der Waals surface area contributed by atoms with E-state index in [1.165, 1.54) is 0 Å². The highest BCUT2D eigenvalue weighted by Crippen LogP contribution is 2.23. The van der Waals surface area contributed by atoms with Crippen molar-refractivity contribution in [2.24, 2.45) is 0 Å². The van der Waals surface area contributed by atoms with E-state index in [1.807, 2.05) is 25.1 Å². The SMILES string of the molecule is CCCOCCN(C(=O)C(Cl)CC)c1ccccc1CC. The molecule has 0 heterocycles. The molecule has 0 N–H and O–H groups in total. The minimum absolute atomic E-state index is 0.0415. The molecule has 0 saturated carbocycles. The fraction of sp³-hybridized carbons (Fsp3) is 0.588. The molecule has 0 aromatic heterocycles. The van der Waals surface area contributed by atoms with Gasteiger partial charge in [0.05, 0.1) is 6.61 Å². The summed E-state index contributed by atoms with van der Waals surface area (Å²) < 4.78 is 5.53. The molecule has 0 bridgehead atoms. The van der Waals surface area contributed by atoms with Crippen molar-refractivity contribution in [3.63, 3.8) is 0 Å². The molecule has 1 atom stereocenters. The van der Waals surface area contributed by atoms with Gasteiger partial charge >= 0.3 is 0 Å². The molecule has 1 aromatic rings. The number of carbonyl (C=O) groups excluding carboxylic acids is 1. The van der Waals surface area contributed by atoms with Crippen molar-refractivity contribution in [3.05, 3.63) is 29.8 Å². The molecule has 0 saturated heterocycles. The van der Waals surface area contributed by atoms with Crippen LogP contribution in [0.3, 0.4) is 0 Å². The van der Waals surface area contributed by atoms with Gasteiger partial charge in [-0.05, 0) is 30.9 Å². The number of benzene rings is 1. The van der Waals surface area contributed by atoms with Crippen molar-refractivity contribution in [3.8, 4) is 0 Å². The van der Waals surface area contributed by atoms with E-state index in [4.69, 9.17) is 16.3 Å². The molecule has 0 spiro atoms. The number of hydrogen-bond acceptors (Lipinski definition) is 2. The molecule has 118 valence electrons. The van der Waals surface area contributed by atoms with Gasteiger partial charge in [-0.25, -0.2) is 0 Å². The Kier molecular flexibility index (Phi) is 8.40. The van der Waals surface area contributed by atoms with Crippen LogP contribution in [0, 0.1) is 0 Å². The Morgan fingerprint density at radius 1 is 1.24 bits per heavy atom. The van der Waals surface area contributed by atoms with Crippen molar-refractivity contribution >= 4 is 23.2 Å². The number of anilines is 1. The number of nitrogens with zero attached hydrogens (tertiary/aromatic N) is 1. The molecule has 1 aromatic carbocycles. The summed E-state index contributed by atoms with van der Waals surface area (Å²) in [4.78, 5) is 14.3. The molecular formula is C17H26ClNO2. The number of para-hydroxylation sites is 1. The predicted molar refractivity (Wildman–Crippen MR) is 89.2 cm³/mol. The first-order valence-corrected chi connectivity index (χ1v) is 8.20. The summed E-state index contributed by atoms with van der Waals surface area (Å²) in [6, 6.07) is 7.99. The second kappa shape index (κ2) is 9.80. The monoisotopic (exact) mass is 311 g/mol. The van der Waals surface area contributed by atoms with E-state index in [9.17, 15) is 4.79 Å². The summed E-state index contributed by atoms with van der Waals surface area (Å²) >= 11 is 6.16. The van der Waals surface area contributed by atoms with Crippen molar-refractivity contribution in [2.75, 3.05) is 24.7 Å². The van der Waals surface area contributed by atoms with Crippen LogP contribution in [-0.4, -0.2) is 31.0 Å². The van der Waals surface area contributed by atoms with E-state index in [2.05, 4.69) is 19.9 Å². The fourth-order valence-electron chi connectivity index (χ4n) is 2.17. The fourth-order valence-corrected chi connectivity index (χ4v) is 2.29. The predicted octanol–water partition coefficient (Wildman–Crippen LogP) is 4.03. The van der Waals surface area contributed by atoms with Crippen LogP contribution in [0.2, 0.25) is 0 Å². The average Bonchev–Trinajstić information content (AvgIpc) is 2.53. The van der Waals surface area contributed by atoms with Crippen LogP contribution in [0.5, 0.6) is 0 Å². The summed E-state index contributed by atoms with van der Waals surface area (Å²) in [6.07, 6.45) is 2.49. The third kappa shape index (κ3) is 5.33. The maximum Gasteiger partial charge on any atom is 0.245 e. The molecule has 4 heteroatoms. The Balaban J connectivity index is 2.92. The molecule has 1 unspecified atom stereocenters. The summed E-state index contributed by atoms with van der Waals surface area (Å²) in [5.41, 5.74) is 2.10. The minimum atomic E-state index is -0.485. The van der Waals surface area contributed by atoms with Crippen LogP contribution < -0.4 is 4.90 Å². The Bertz CT molecular complexity index is 437. The lowest BCUT2D eigenvalue weighted by Crippen LogP contribution is -2.39. The Morgan fingerprint density at radius 2 is 1.95 bits per heavy atom. The average molecular weight is 312 g/mol. The summed E-state index contributed by atoms with van der Waals surface area (Å²) in [6.45, 7) is 7.88. The Labute approximate surface area is 133 Å². The van der Waals surface area contributed by atoms with Crippen LogP contribution in [0.1, 0.15) is 39.2 Å². The third-order valence-electron chi connectivity index (χ3n) is 3.36. The third-order valence-corrected chi connectivity index (χ3v) is 3.86. The molecule has 0 radical (unpaired) electrons. The van der Waals surface area contributed by atoms with Crippen LogP contribution in [0.4, 0.5) is 5.69 Å². The zero-order valence-electron chi connectivity index (χ0n) is 13.3. The van der Waals surface area contributed by atoms with Crippen LogP contribution >= 0.6 is 11.6 Å². The lowest BCUT2D eigenvalue weighted by atomic mass is 10.1. The van der Waals surface area contributed by atoms with Gasteiger partial charge in [0.15, 0.2) is 0 Å². The second-order valence-corrected chi connectivity index (χ2v) is 5.49. The smallest absolute Gasteiger partial charge is 0.245 e. The molecule has 0 fully saturated rings. The van der Waals surface area contributed by atoms with Crippen LogP contribution in [0.15, 0.2) is 24.3 Å². The van der Waals surface area contributed by atoms with Gasteiger partial charge in [-0.15, -0.1) is 11.6 Å². The van der Waals surface area contributed by atoms with Gasteiger partial charge in [0.25, 0.3) is 0 Å². The lowest BCUT2D eigenvalue weighted by molar-refractivity contribution is -0.118. The van der Waals surface area contributed by atoms with Gasteiger partial charge < -0.3 is 9.64 Å². The molecule has 1 amide bonds. The number of rotatable bonds is 9. The van der Waals surface area contributed by atoms with Crippen LogP contribution in [-0.2, 0) is 16.0 Å². The molecule has 21 heavy (non-hydrogen) atoms. The highest BCUT2D eigenvalue weighted by molar-refractivity contribution is 6.32. The Hall–Kier alpha value is -1.06. The van der Waals surface area contributed by atoms with Crippen molar-refractivity contribution in [1.82, 2.24) is 0 Å². The number of aryl methyl sites for hydroxylation is 1. The standard InChI is InChI=1S/C17H26ClNO2/c1-4-12-21-13-11-19(17(20)15(18)6-3)16-10-8-7-9-14(16)5-2/h7-10,15H,4-6,11-13H2,1-3H3. The normalized spacial score (nSPS) is 12.2. The second-order valence-electron chi connectivity index (χ2n) is 4.96. The zero-order valence-corrected chi connectivity index (χ0v) is 14.0. The summed E-state index contributed by atoms with van der Waals surface area (Å²) in [5, 5.41) is -0.485. The van der Waals surface area contributed by atoms with E-state index in [1.54, 1.807) is 4.90 Å². The van der Waals surface area contributed by atoms with Crippen molar-refractivity contribution < 1.29 is 9.53 Å². The zero-order chi connectivity index (χ0) is 15.7. The number of hydrogen-bond donors (Lipinski definition) is 0. The first-order valence-electron chi connectivity index (χ1n) is 7.76. The Morgan fingerprint density at radius 3 is 2.57 bits per heavy atom. The van der Waals surface area contributed by atoms with Crippen molar-refractivity contribution in [1.29, 1.82) is 0 Å². The van der Waals surface area contributed by atoms with E-state index in [0.29, 0.717) is 19.6 Å². The largest absolute Gasteiger partial charge is 0.380 e. The summed E-state index contributed by atoms with van der Waals surface area (Å²) in [5.74, 6) is -0.0415. The van der Waals surface area contributed by atoms with Gasteiger partial charge in [0.2, 0.25) is 5.91 Å². The van der Waals surface area contributed by atoms with E-state index in [-0.39, 0.29) is 5.91 Å². The van der Waals surface area contributed by atoms with Gasteiger partial charge in [0, 0.05) is 18.8 Å². The highest BCUT2D eigenvalue weighted by atomic mass is 35.5. The van der Waals surface area contributed by atoms with Crippen molar-refractivity contribution in [2.45, 2.75) is 45.4 Å². The maximum absolute atomic E-state index is 12.5. The molecule has 0 aliphatic heterocycles. The minimum Gasteiger partial charge on any atom is -0.380 e. The van der Waals surface area contributed by atoms with E-state index in [0.717, 1.165) is 30.7 Å². The number of carbonyl (C=O) groups is 1. The molecule has 1 rings (SSSR count). The summed E-state index contributed by atoms with van der Waals surface area (Å²) in [7, 11) is 0. The lowest BCUT2D eigenvalue weighted by Gasteiger charge is -2.26. The van der Waals surface area contributed by atoms with Gasteiger partial charge in [-0.1, -0.05) is 39.0 Å². The molecule has 0 aliphatic rings. The van der Waals surface area contributed by atoms with Gasteiger partial charge in [-0.3, -0.25) is 4.79 Å². The quantitative estimate of drug-likeness (QED) is 0.509. The van der Waals surface area contributed by atoms with E-state index >= 15 is 0 Å². The topological polar surface area (TPSA) is 29.5 Å². The molecule has 0 aliphatic carbocycles. The number of alkyl halides is 1. The van der Waals surface area contributed by atoms with Crippen LogP contribution in [0.25, 0.3) is 0 Å². The van der Waals surface area contributed by atoms with Gasteiger partial charge in [0.1, 0.15) is 5.38 Å². The number of halogens is 1.